The molecular formula is C34H31FIrN2OSi-2. The van der Waals surface area contributed by atoms with Crippen molar-refractivity contribution in [3.05, 3.63) is 115 Å². The van der Waals surface area contributed by atoms with E-state index in [4.69, 9.17) is 4.42 Å². The molecule has 3 nitrogen and oxygen atoms in total. The minimum atomic E-state index is -1.23. The third kappa shape index (κ3) is 6.31. The Hall–Kier alpha value is -3.44. The number of halogens is 1. The summed E-state index contributed by atoms with van der Waals surface area (Å²) in [6, 6.07) is 32.2. The van der Waals surface area contributed by atoms with Gasteiger partial charge in [-0.25, -0.2) is 4.39 Å². The van der Waals surface area contributed by atoms with Crippen LogP contribution in [0.3, 0.4) is 0 Å². The Kier molecular flexibility index (Phi) is 9.14. The Morgan fingerprint density at radius 3 is 2.23 bits per heavy atom. The van der Waals surface area contributed by atoms with Crippen molar-refractivity contribution in [3.8, 4) is 22.5 Å². The Balaban J connectivity index is 0.000000192. The summed E-state index contributed by atoms with van der Waals surface area (Å²) >= 11 is 0. The molecule has 0 aliphatic rings. The monoisotopic (exact) mass is 723 g/mol. The first-order chi connectivity index (χ1) is 18.7. The molecule has 0 unspecified atom stereocenters. The third-order valence-corrected chi connectivity index (χ3v) is 8.74. The van der Waals surface area contributed by atoms with Crippen LogP contribution >= 0.6 is 0 Å². The van der Waals surface area contributed by atoms with Gasteiger partial charge in [-0.15, -0.1) is 54.1 Å². The van der Waals surface area contributed by atoms with Gasteiger partial charge >= 0.3 is 0 Å². The summed E-state index contributed by atoms with van der Waals surface area (Å²) in [5.74, 6) is -0.188. The molecule has 0 saturated heterocycles. The van der Waals surface area contributed by atoms with Gasteiger partial charge in [0.15, 0.2) is 0 Å². The number of nitrogens with zero attached hydrogens (tertiary/aromatic N) is 2. The summed E-state index contributed by atoms with van der Waals surface area (Å²) in [4.78, 5) is 8.76. The number of hydrogen-bond acceptors (Lipinski definition) is 3. The number of hydrogen-bond donors (Lipinski definition) is 0. The van der Waals surface area contributed by atoms with Gasteiger partial charge < -0.3 is 14.4 Å². The van der Waals surface area contributed by atoms with Gasteiger partial charge in [-0.3, -0.25) is 0 Å². The van der Waals surface area contributed by atoms with Crippen molar-refractivity contribution < 1.29 is 28.9 Å². The molecule has 3 aromatic heterocycles. The molecule has 0 atom stereocenters. The summed E-state index contributed by atoms with van der Waals surface area (Å²) in [6.07, 6.45) is 3.29. The first-order valence-electron chi connectivity index (χ1n) is 13.1. The molecule has 205 valence electrons. The molecule has 6 rings (SSSR count). The van der Waals surface area contributed by atoms with Crippen molar-refractivity contribution in [1.29, 1.82) is 0 Å². The van der Waals surface area contributed by atoms with Gasteiger partial charge in [-0.05, 0) is 34.1 Å². The molecule has 6 heteroatoms. The van der Waals surface area contributed by atoms with Gasteiger partial charge in [0.1, 0.15) is 11.4 Å². The van der Waals surface area contributed by atoms with Gasteiger partial charge in [0.25, 0.3) is 0 Å². The first kappa shape index (κ1) is 29.5. The number of pyridine rings is 2. The van der Waals surface area contributed by atoms with Gasteiger partial charge in [0.05, 0.1) is 19.9 Å². The van der Waals surface area contributed by atoms with Crippen molar-refractivity contribution in [3.63, 3.8) is 0 Å². The predicted molar refractivity (Wildman–Crippen MR) is 161 cm³/mol. The predicted octanol–water partition coefficient (Wildman–Crippen LogP) is 8.80. The zero-order valence-electron chi connectivity index (χ0n) is 23.3. The summed E-state index contributed by atoms with van der Waals surface area (Å²) < 4.78 is 19.9. The normalized spacial score (nSPS) is 11.3. The van der Waals surface area contributed by atoms with Gasteiger partial charge in [0, 0.05) is 31.7 Å². The summed E-state index contributed by atoms with van der Waals surface area (Å²) in [6.45, 7) is 10.9. The van der Waals surface area contributed by atoms with E-state index >= 15 is 0 Å². The van der Waals surface area contributed by atoms with Crippen LogP contribution in [-0.4, -0.2) is 18.0 Å². The van der Waals surface area contributed by atoms with E-state index in [0.717, 1.165) is 38.8 Å². The summed E-state index contributed by atoms with van der Waals surface area (Å²) in [5.41, 5.74) is 5.72. The Morgan fingerprint density at radius 1 is 0.800 bits per heavy atom. The van der Waals surface area contributed by atoms with Crippen LogP contribution in [0.25, 0.3) is 44.5 Å². The van der Waals surface area contributed by atoms with Crippen molar-refractivity contribution in [1.82, 2.24) is 9.97 Å². The van der Waals surface area contributed by atoms with E-state index in [-0.39, 0.29) is 31.8 Å². The molecule has 0 N–H and O–H groups in total. The number of rotatable bonds is 4. The van der Waals surface area contributed by atoms with Gasteiger partial charge in [-0.1, -0.05) is 80.8 Å². The largest absolute Gasteiger partial charge is 0.501 e. The molecule has 0 spiro atoms. The van der Waals surface area contributed by atoms with Crippen LogP contribution in [0.4, 0.5) is 4.39 Å². The maximum atomic E-state index is 13.9. The molecule has 0 aliphatic heterocycles. The van der Waals surface area contributed by atoms with E-state index in [1.54, 1.807) is 6.07 Å². The second kappa shape index (κ2) is 12.4. The van der Waals surface area contributed by atoms with Gasteiger partial charge in [-0.2, -0.15) is 0 Å². The Labute approximate surface area is 249 Å². The zero-order valence-corrected chi connectivity index (χ0v) is 26.6. The molecule has 6 aromatic rings. The minimum Gasteiger partial charge on any atom is -0.501 e. The number of furan rings is 1. The smallest absolute Gasteiger partial charge is 0.143 e. The maximum Gasteiger partial charge on any atom is 0.143 e. The minimum absolute atomic E-state index is 0. The fourth-order valence-electron chi connectivity index (χ4n) is 4.46. The topological polar surface area (TPSA) is 38.9 Å². The average molecular weight is 723 g/mol. The molecule has 1 radical (unpaired) electrons. The average Bonchev–Trinajstić information content (AvgIpc) is 3.33. The number of benzene rings is 3. The SMILES string of the molecule is CC(C)c1cc(-c2[c-]ccc3c2oc2ccccc23)ncc1F.C[Si](C)(C)c1ccc(-c2[c-]cccc2)nc1.[Ir]. The molecule has 0 aliphatic carbocycles. The van der Waals surface area contributed by atoms with Crippen LogP contribution in [0.1, 0.15) is 25.3 Å². The van der Waals surface area contributed by atoms with Crippen LogP contribution in [-0.2, 0) is 20.1 Å². The molecule has 0 bridgehead atoms. The molecule has 3 heterocycles. The van der Waals surface area contributed by atoms with Crippen LogP contribution < -0.4 is 5.19 Å². The van der Waals surface area contributed by atoms with Crippen LogP contribution in [0.15, 0.2) is 95.7 Å². The van der Waals surface area contributed by atoms with Crippen molar-refractivity contribution in [2.75, 3.05) is 0 Å². The molecule has 0 saturated carbocycles. The first-order valence-corrected chi connectivity index (χ1v) is 16.6. The van der Waals surface area contributed by atoms with E-state index in [1.165, 1.54) is 11.4 Å². The van der Waals surface area contributed by atoms with E-state index in [2.05, 4.69) is 53.9 Å². The number of aromatic nitrogens is 2. The van der Waals surface area contributed by atoms with Crippen LogP contribution in [0.5, 0.6) is 0 Å². The maximum absolute atomic E-state index is 13.9. The molecule has 40 heavy (non-hydrogen) atoms. The summed E-state index contributed by atoms with van der Waals surface area (Å²) in [7, 11) is -1.23. The number of fused-ring (bicyclic) bond motifs is 3. The van der Waals surface area contributed by atoms with Crippen molar-refractivity contribution in [2.45, 2.75) is 39.4 Å². The van der Waals surface area contributed by atoms with E-state index in [1.807, 2.05) is 80.7 Å². The van der Waals surface area contributed by atoms with E-state index in [0.29, 0.717) is 11.3 Å². The van der Waals surface area contributed by atoms with E-state index in [9.17, 15) is 4.39 Å². The molecule has 0 fully saturated rings. The second-order valence-corrected chi connectivity index (χ2v) is 16.0. The zero-order chi connectivity index (χ0) is 27.6. The fourth-order valence-corrected chi connectivity index (χ4v) is 5.50. The Bertz CT molecular complexity index is 1730. The van der Waals surface area contributed by atoms with Gasteiger partial charge in [0.2, 0.25) is 0 Å². The number of para-hydroxylation sites is 1. The van der Waals surface area contributed by atoms with Crippen LogP contribution in [0, 0.1) is 17.9 Å². The molecule has 0 amide bonds. The molecular weight excluding hydrogens is 692 g/mol. The van der Waals surface area contributed by atoms with Crippen molar-refractivity contribution in [2.24, 2.45) is 0 Å². The standard InChI is InChI=1S/C20H15FNO.C14H16NSi.Ir/c1-12(2)16-10-18(22-11-17(16)21)15-8-5-7-14-13-6-3-4-9-19(13)23-20(14)15;1-16(2,3)13-9-10-14(15-11-13)12-7-5-4-6-8-12;/h3-7,9-12H,1-2H3;4-7,9-11H,1-3H3;/q2*-1;. The second-order valence-electron chi connectivity index (χ2n) is 10.9. The fraction of sp³-hybridized carbons (Fsp3) is 0.176. The Morgan fingerprint density at radius 2 is 1.55 bits per heavy atom. The molecule has 3 aromatic carbocycles. The van der Waals surface area contributed by atoms with Crippen LogP contribution in [0.2, 0.25) is 19.6 Å². The quantitative estimate of drug-likeness (QED) is 0.135. The van der Waals surface area contributed by atoms with E-state index < -0.39 is 8.07 Å². The summed E-state index contributed by atoms with van der Waals surface area (Å²) in [5, 5.41) is 3.47. The third-order valence-electron chi connectivity index (χ3n) is 6.72. The van der Waals surface area contributed by atoms with Crippen molar-refractivity contribution >= 4 is 35.2 Å².